The van der Waals surface area contributed by atoms with Gasteiger partial charge in [-0.25, -0.2) is 9.97 Å². The zero-order chi connectivity index (χ0) is 18.0. The van der Waals surface area contributed by atoms with Gasteiger partial charge < -0.3 is 5.32 Å². The second-order valence-corrected chi connectivity index (χ2v) is 6.45. The SMILES string of the molecule is FC(F)(F)c1cc(-c2ccc(Cl)cc2)nc(Nc2ccc(Br)cc2)n1. The third-order valence-electron chi connectivity index (χ3n) is 3.26. The number of nitrogens with zero attached hydrogens (tertiary/aromatic N) is 2. The molecule has 0 saturated heterocycles. The standard InChI is InChI=1S/C17H10BrClF3N3/c18-11-3-7-13(8-4-11)23-16-24-14(9-15(25-16)17(20,21)22)10-1-5-12(19)6-2-10/h1-9H,(H,23,24,25). The third-order valence-corrected chi connectivity index (χ3v) is 4.04. The van der Waals surface area contributed by atoms with E-state index in [1.807, 2.05) is 0 Å². The van der Waals surface area contributed by atoms with Crippen LogP contribution in [0.15, 0.2) is 59.1 Å². The molecule has 2 aromatic carbocycles. The molecule has 128 valence electrons. The van der Waals surface area contributed by atoms with Gasteiger partial charge in [0.2, 0.25) is 5.95 Å². The van der Waals surface area contributed by atoms with Crippen molar-refractivity contribution in [3.05, 3.63) is 69.8 Å². The highest BCUT2D eigenvalue weighted by Gasteiger charge is 2.33. The molecule has 0 fully saturated rings. The van der Waals surface area contributed by atoms with Crippen LogP contribution in [0.1, 0.15) is 5.69 Å². The second kappa shape index (κ2) is 7.01. The number of nitrogens with one attached hydrogen (secondary N) is 1. The summed E-state index contributed by atoms with van der Waals surface area (Å²) in [5, 5.41) is 3.28. The summed E-state index contributed by atoms with van der Waals surface area (Å²) in [5.41, 5.74) is 0.214. The van der Waals surface area contributed by atoms with E-state index in [1.54, 1.807) is 48.5 Å². The molecule has 0 unspecified atom stereocenters. The van der Waals surface area contributed by atoms with E-state index in [0.717, 1.165) is 10.5 Å². The Labute approximate surface area is 155 Å². The van der Waals surface area contributed by atoms with Crippen LogP contribution in [0.3, 0.4) is 0 Å². The quantitative estimate of drug-likeness (QED) is 0.530. The fourth-order valence-electron chi connectivity index (χ4n) is 2.08. The van der Waals surface area contributed by atoms with Crippen LogP contribution in [0.2, 0.25) is 5.02 Å². The van der Waals surface area contributed by atoms with Gasteiger partial charge in [-0.1, -0.05) is 39.7 Å². The van der Waals surface area contributed by atoms with Gasteiger partial charge in [0.05, 0.1) is 5.69 Å². The van der Waals surface area contributed by atoms with Crippen molar-refractivity contribution >= 4 is 39.2 Å². The number of aromatic nitrogens is 2. The van der Waals surface area contributed by atoms with Crippen molar-refractivity contribution in [1.29, 1.82) is 0 Å². The van der Waals surface area contributed by atoms with Crippen LogP contribution >= 0.6 is 27.5 Å². The summed E-state index contributed by atoms with van der Waals surface area (Å²) in [4.78, 5) is 7.77. The van der Waals surface area contributed by atoms with Crippen LogP contribution in [-0.4, -0.2) is 9.97 Å². The molecule has 0 radical (unpaired) electrons. The number of rotatable bonds is 3. The van der Waals surface area contributed by atoms with E-state index in [0.29, 0.717) is 16.3 Å². The van der Waals surface area contributed by atoms with E-state index < -0.39 is 11.9 Å². The molecule has 0 spiro atoms. The van der Waals surface area contributed by atoms with Crippen molar-refractivity contribution in [2.24, 2.45) is 0 Å². The molecule has 3 nitrogen and oxygen atoms in total. The lowest BCUT2D eigenvalue weighted by Gasteiger charge is -2.12. The molecule has 25 heavy (non-hydrogen) atoms. The van der Waals surface area contributed by atoms with E-state index in [1.165, 1.54) is 0 Å². The van der Waals surface area contributed by atoms with Crippen LogP contribution in [0.5, 0.6) is 0 Å². The number of benzene rings is 2. The fourth-order valence-corrected chi connectivity index (χ4v) is 2.47. The zero-order valence-electron chi connectivity index (χ0n) is 12.5. The molecule has 3 rings (SSSR count). The van der Waals surface area contributed by atoms with Gasteiger partial charge in [-0.2, -0.15) is 13.2 Å². The summed E-state index contributed by atoms with van der Waals surface area (Å²) in [6.45, 7) is 0. The highest BCUT2D eigenvalue weighted by molar-refractivity contribution is 9.10. The molecule has 0 saturated carbocycles. The second-order valence-electron chi connectivity index (χ2n) is 5.10. The normalized spacial score (nSPS) is 11.4. The highest BCUT2D eigenvalue weighted by atomic mass is 79.9. The van der Waals surface area contributed by atoms with Gasteiger partial charge in [0.25, 0.3) is 0 Å². The van der Waals surface area contributed by atoms with Crippen LogP contribution < -0.4 is 5.32 Å². The number of alkyl halides is 3. The molecule has 0 aliphatic rings. The predicted molar refractivity (Wildman–Crippen MR) is 94.9 cm³/mol. The molecule has 1 aromatic heterocycles. The number of anilines is 2. The smallest absolute Gasteiger partial charge is 0.324 e. The molecule has 0 atom stereocenters. The molecule has 0 amide bonds. The van der Waals surface area contributed by atoms with Gasteiger partial charge in [-0.05, 0) is 42.5 Å². The number of halogens is 5. The van der Waals surface area contributed by atoms with E-state index >= 15 is 0 Å². The minimum absolute atomic E-state index is 0.137. The lowest BCUT2D eigenvalue weighted by molar-refractivity contribution is -0.141. The number of hydrogen-bond donors (Lipinski definition) is 1. The van der Waals surface area contributed by atoms with Crippen molar-refractivity contribution in [2.75, 3.05) is 5.32 Å². The van der Waals surface area contributed by atoms with Gasteiger partial charge in [0.1, 0.15) is 0 Å². The molecular formula is C17H10BrClF3N3. The van der Waals surface area contributed by atoms with Gasteiger partial charge in [0, 0.05) is 20.7 Å². The van der Waals surface area contributed by atoms with Crippen molar-refractivity contribution in [2.45, 2.75) is 6.18 Å². The molecule has 1 heterocycles. The average molecular weight is 429 g/mol. The minimum atomic E-state index is -4.58. The minimum Gasteiger partial charge on any atom is -0.324 e. The average Bonchev–Trinajstić information content (AvgIpc) is 2.56. The Morgan fingerprint density at radius 1 is 0.920 bits per heavy atom. The van der Waals surface area contributed by atoms with Crippen LogP contribution in [0.4, 0.5) is 24.8 Å². The van der Waals surface area contributed by atoms with Gasteiger partial charge in [-0.3, -0.25) is 0 Å². The van der Waals surface area contributed by atoms with Gasteiger partial charge >= 0.3 is 6.18 Å². The Kier molecular flexibility index (Phi) is 4.96. The van der Waals surface area contributed by atoms with E-state index in [-0.39, 0.29) is 11.6 Å². The zero-order valence-corrected chi connectivity index (χ0v) is 14.8. The molecule has 3 aromatic rings. The molecule has 0 aliphatic carbocycles. The highest BCUT2D eigenvalue weighted by Crippen LogP contribution is 2.32. The molecule has 0 aliphatic heterocycles. The third kappa shape index (κ3) is 4.49. The Bertz CT molecular complexity index is 881. The van der Waals surface area contributed by atoms with E-state index in [2.05, 4.69) is 31.2 Å². The Hall–Kier alpha value is -2.12. The first kappa shape index (κ1) is 17.7. The topological polar surface area (TPSA) is 37.8 Å². The maximum atomic E-state index is 13.2. The molecular weight excluding hydrogens is 419 g/mol. The Morgan fingerprint density at radius 3 is 2.16 bits per heavy atom. The maximum Gasteiger partial charge on any atom is 0.433 e. The van der Waals surface area contributed by atoms with Crippen LogP contribution in [0.25, 0.3) is 11.3 Å². The Morgan fingerprint density at radius 2 is 1.56 bits per heavy atom. The monoisotopic (exact) mass is 427 g/mol. The molecule has 1 N–H and O–H groups in total. The van der Waals surface area contributed by atoms with E-state index in [9.17, 15) is 13.2 Å². The van der Waals surface area contributed by atoms with Crippen LogP contribution in [0, 0.1) is 0 Å². The summed E-state index contributed by atoms with van der Waals surface area (Å²) < 4.78 is 40.4. The van der Waals surface area contributed by atoms with Crippen LogP contribution in [-0.2, 0) is 6.18 Å². The lowest BCUT2D eigenvalue weighted by Crippen LogP contribution is -2.11. The van der Waals surface area contributed by atoms with Crippen molar-refractivity contribution in [3.63, 3.8) is 0 Å². The lowest BCUT2D eigenvalue weighted by atomic mass is 10.1. The summed E-state index contributed by atoms with van der Waals surface area (Å²) in [6, 6.07) is 14.2. The summed E-state index contributed by atoms with van der Waals surface area (Å²) in [7, 11) is 0. The van der Waals surface area contributed by atoms with Gasteiger partial charge in [0.15, 0.2) is 5.69 Å². The largest absolute Gasteiger partial charge is 0.433 e. The Balaban J connectivity index is 2.03. The predicted octanol–water partition coefficient (Wildman–Crippen LogP) is 6.32. The van der Waals surface area contributed by atoms with Crippen molar-refractivity contribution in [3.8, 4) is 11.3 Å². The summed E-state index contributed by atoms with van der Waals surface area (Å²) in [5.74, 6) is -0.137. The van der Waals surface area contributed by atoms with Crippen molar-refractivity contribution < 1.29 is 13.2 Å². The molecule has 0 bridgehead atoms. The summed E-state index contributed by atoms with van der Waals surface area (Å²) in [6.07, 6.45) is -4.58. The molecule has 8 heteroatoms. The summed E-state index contributed by atoms with van der Waals surface area (Å²) >= 11 is 9.12. The fraction of sp³-hybridized carbons (Fsp3) is 0.0588. The van der Waals surface area contributed by atoms with Crippen molar-refractivity contribution in [1.82, 2.24) is 9.97 Å². The van der Waals surface area contributed by atoms with Gasteiger partial charge in [-0.15, -0.1) is 0 Å². The number of hydrogen-bond acceptors (Lipinski definition) is 3. The first-order chi connectivity index (χ1) is 11.8. The van der Waals surface area contributed by atoms with E-state index in [4.69, 9.17) is 11.6 Å². The maximum absolute atomic E-state index is 13.2. The first-order valence-electron chi connectivity index (χ1n) is 7.06. The first-order valence-corrected chi connectivity index (χ1v) is 8.23.